The highest BCUT2D eigenvalue weighted by atomic mass is 16.5. The third-order valence-corrected chi connectivity index (χ3v) is 5.29. The quantitative estimate of drug-likeness (QED) is 0.762. The van der Waals surface area contributed by atoms with Gasteiger partial charge in [-0.05, 0) is 29.7 Å². The molecule has 150 valence electrons. The van der Waals surface area contributed by atoms with Crippen molar-refractivity contribution in [2.45, 2.75) is 19.4 Å². The minimum Gasteiger partial charge on any atom is -0.497 e. The van der Waals surface area contributed by atoms with Crippen LogP contribution in [0, 0.1) is 5.92 Å². The van der Waals surface area contributed by atoms with E-state index in [1.54, 1.807) is 7.11 Å². The summed E-state index contributed by atoms with van der Waals surface area (Å²) in [5, 5.41) is 3.17. The second-order valence-corrected chi connectivity index (χ2v) is 7.27. The molecule has 0 radical (unpaired) electrons. The molecule has 1 fully saturated rings. The van der Waals surface area contributed by atoms with Crippen LogP contribution >= 0.6 is 0 Å². The van der Waals surface area contributed by atoms with Gasteiger partial charge in [-0.2, -0.15) is 0 Å². The van der Waals surface area contributed by atoms with Crippen LogP contribution in [0.25, 0.3) is 0 Å². The number of rotatable bonds is 8. The lowest BCUT2D eigenvalue weighted by Crippen LogP contribution is -2.44. The average molecular weight is 383 g/mol. The van der Waals surface area contributed by atoms with Crippen molar-refractivity contribution in [1.82, 2.24) is 10.2 Å². The summed E-state index contributed by atoms with van der Waals surface area (Å²) in [7, 11) is 1.67. The Kier molecular flexibility index (Phi) is 7.46. The molecule has 2 aromatic carbocycles. The van der Waals surface area contributed by atoms with Crippen molar-refractivity contribution in [1.29, 1.82) is 0 Å². The van der Waals surface area contributed by atoms with Crippen molar-refractivity contribution >= 4 is 5.91 Å². The Morgan fingerprint density at radius 1 is 1.11 bits per heavy atom. The lowest BCUT2D eigenvalue weighted by atomic mass is 9.99. The molecule has 5 heteroatoms. The summed E-state index contributed by atoms with van der Waals surface area (Å²) in [6.45, 7) is 5.76. The van der Waals surface area contributed by atoms with Crippen molar-refractivity contribution in [2.24, 2.45) is 5.92 Å². The lowest BCUT2D eigenvalue weighted by Gasteiger charge is -2.35. The van der Waals surface area contributed by atoms with Gasteiger partial charge in [0.15, 0.2) is 0 Å². The van der Waals surface area contributed by atoms with Crippen LogP contribution in [-0.2, 0) is 16.0 Å². The zero-order chi connectivity index (χ0) is 19.8. The van der Waals surface area contributed by atoms with Crippen molar-refractivity contribution in [3.05, 3.63) is 65.7 Å². The number of nitrogens with one attached hydrogen (secondary N) is 1. The summed E-state index contributed by atoms with van der Waals surface area (Å²) in [5.41, 5.74) is 2.36. The van der Waals surface area contributed by atoms with E-state index < -0.39 is 0 Å². The standard InChI is InChI=1S/C23H30N2O3/c1-18(16-19-6-4-3-5-7-19)23(26)24-17-22(25-12-14-28-15-13-25)20-8-10-21(27-2)11-9-20/h3-11,18,22H,12-17H2,1-2H3,(H,24,26). The van der Waals surface area contributed by atoms with Crippen molar-refractivity contribution in [3.8, 4) is 5.75 Å². The van der Waals surface area contributed by atoms with E-state index in [4.69, 9.17) is 9.47 Å². The summed E-state index contributed by atoms with van der Waals surface area (Å²) < 4.78 is 10.8. The van der Waals surface area contributed by atoms with Crippen LogP contribution in [0.15, 0.2) is 54.6 Å². The molecule has 3 rings (SSSR count). The minimum atomic E-state index is -0.0661. The molecule has 1 N–H and O–H groups in total. The van der Waals surface area contributed by atoms with Gasteiger partial charge in [0.2, 0.25) is 5.91 Å². The number of amides is 1. The van der Waals surface area contributed by atoms with Gasteiger partial charge in [0, 0.05) is 25.6 Å². The maximum atomic E-state index is 12.7. The Labute approximate surface area is 167 Å². The van der Waals surface area contributed by atoms with Gasteiger partial charge in [-0.15, -0.1) is 0 Å². The molecule has 0 bridgehead atoms. The van der Waals surface area contributed by atoms with Crippen molar-refractivity contribution in [3.63, 3.8) is 0 Å². The topological polar surface area (TPSA) is 50.8 Å². The van der Waals surface area contributed by atoms with Crippen molar-refractivity contribution < 1.29 is 14.3 Å². The number of nitrogens with zero attached hydrogens (tertiary/aromatic N) is 1. The van der Waals surface area contributed by atoms with Crippen LogP contribution in [0.2, 0.25) is 0 Å². The molecule has 0 saturated carbocycles. The van der Waals surface area contributed by atoms with Crippen LogP contribution in [-0.4, -0.2) is 50.8 Å². The van der Waals surface area contributed by atoms with Gasteiger partial charge >= 0.3 is 0 Å². The van der Waals surface area contributed by atoms with Gasteiger partial charge < -0.3 is 14.8 Å². The van der Waals surface area contributed by atoms with Crippen LogP contribution in [0.5, 0.6) is 5.75 Å². The summed E-state index contributed by atoms with van der Waals surface area (Å²) in [6, 6.07) is 18.4. The number of hydrogen-bond acceptors (Lipinski definition) is 4. The molecule has 1 aliphatic rings. The zero-order valence-electron chi connectivity index (χ0n) is 16.8. The Balaban J connectivity index is 1.63. The third-order valence-electron chi connectivity index (χ3n) is 5.29. The highest BCUT2D eigenvalue weighted by Gasteiger charge is 2.24. The minimum absolute atomic E-state index is 0.0661. The summed E-state index contributed by atoms with van der Waals surface area (Å²) >= 11 is 0. The van der Waals surface area contributed by atoms with Gasteiger partial charge in [-0.1, -0.05) is 49.4 Å². The molecule has 0 aliphatic carbocycles. The van der Waals surface area contributed by atoms with Crippen LogP contribution in [0.1, 0.15) is 24.1 Å². The first-order valence-corrected chi connectivity index (χ1v) is 9.94. The SMILES string of the molecule is COc1ccc(C(CNC(=O)C(C)Cc2ccccc2)N2CCOCC2)cc1. The van der Waals surface area contributed by atoms with E-state index in [1.165, 1.54) is 11.1 Å². The summed E-state index contributed by atoms with van der Waals surface area (Å²) in [4.78, 5) is 15.1. The van der Waals surface area contributed by atoms with Gasteiger partial charge in [-0.25, -0.2) is 0 Å². The second kappa shape index (κ2) is 10.2. The van der Waals surface area contributed by atoms with Crippen LogP contribution in [0.4, 0.5) is 0 Å². The first-order valence-electron chi connectivity index (χ1n) is 9.94. The van der Waals surface area contributed by atoms with E-state index in [9.17, 15) is 4.79 Å². The molecule has 5 nitrogen and oxygen atoms in total. The van der Waals surface area contributed by atoms with E-state index in [0.717, 1.165) is 38.5 Å². The van der Waals surface area contributed by atoms with E-state index in [0.29, 0.717) is 6.54 Å². The Morgan fingerprint density at radius 3 is 2.43 bits per heavy atom. The number of carbonyl (C=O) groups excluding carboxylic acids is 1. The maximum absolute atomic E-state index is 12.7. The van der Waals surface area contributed by atoms with Gasteiger partial charge in [0.05, 0.1) is 26.4 Å². The molecular weight excluding hydrogens is 352 g/mol. The smallest absolute Gasteiger partial charge is 0.223 e. The number of morpholine rings is 1. The van der Waals surface area contributed by atoms with Gasteiger partial charge in [0.1, 0.15) is 5.75 Å². The molecule has 2 unspecified atom stereocenters. The van der Waals surface area contributed by atoms with Crippen LogP contribution < -0.4 is 10.1 Å². The van der Waals surface area contributed by atoms with Crippen molar-refractivity contribution in [2.75, 3.05) is 40.0 Å². The number of carbonyl (C=O) groups is 1. The third kappa shape index (κ3) is 5.57. The molecule has 1 heterocycles. The molecule has 0 aromatic heterocycles. The molecule has 0 spiro atoms. The first-order chi connectivity index (χ1) is 13.7. The summed E-state index contributed by atoms with van der Waals surface area (Å²) in [6.07, 6.45) is 0.747. The highest BCUT2D eigenvalue weighted by molar-refractivity contribution is 5.78. The second-order valence-electron chi connectivity index (χ2n) is 7.27. The number of hydrogen-bond donors (Lipinski definition) is 1. The average Bonchev–Trinajstić information content (AvgIpc) is 2.75. The maximum Gasteiger partial charge on any atom is 0.223 e. The molecule has 1 aliphatic heterocycles. The Hall–Kier alpha value is -2.37. The zero-order valence-corrected chi connectivity index (χ0v) is 16.8. The van der Waals surface area contributed by atoms with E-state index in [2.05, 4.69) is 34.5 Å². The molecular formula is C23H30N2O3. The van der Waals surface area contributed by atoms with E-state index in [-0.39, 0.29) is 17.9 Å². The summed E-state index contributed by atoms with van der Waals surface area (Å²) in [5.74, 6) is 0.865. The predicted octanol–water partition coefficient (Wildman–Crippen LogP) is 3.06. The molecule has 2 aromatic rings. The lowest BCUT2D eigenvalue weighted by molar-refractivity contribution is -0.124. The largest absolute Gasteiger partial charge is 0.497 e. The fraction of sp³-hybridized carbons (Fsp3) is 0.435. The molecule has 1 amide bonds. The number of methoxy groups -OCH3 is 1. The predicted molar refractivity (Wildman–Crippen MR) is 110 cm³/mol. The van der Waals surface area contributed by atoms with Gasteiger partial charge in [0.25, 0.3) is 0 Å². The Morgan fingerprint density at radius 2 is 1.79 bits per heavy atom. The normalized spacial score (nSPS) is 16.9. The molecule has 28 heavy (non-hydrogen) atoms. The number of ether oxygens (including phenoxy) is 2. The van der Waals surface area contributed by atoms with E-state index >= 15 is 0 Å². The number of benzene rings is 2. The monoisotopic (exact) mass is 382 g/mol. The fourth-order valence-corrected chi connectivity index (χ4v) is 3.60. The molecule has 2 atom stereocenters. The fourth-order valence-electron chi connectivity index (χ4n) is 3.60. The van der Waals surface area contributed by atoms with Crippen LogP contribution in [0.3, 0.4) is 0 Å². The first kappa shape index (κ1) is 20.4. The Bertz CT molecular complexity index is 727. The highest BCUT2D eigenvalue weighted by Crippen LogP contribution is 2.24. The van der Waals surface area contributed by atoms with Gasteiger partial charge in [-0.3, -0.25) is 9.69 Å². The van der Waals surface area contributed by atoms with E-state index in [1.807, 2.05) is 37.3 Å². The molecule has 1 saturated heterocycles.